The van der Waals surface area contributed by atoms with E-state index in [-0.39, 0.29) is 18.6 Å². The van der Waals surface area contributed by atoms with Gasteiger partial charge in [-0.3, -0.25) is 9.78 Å². The molecule has 20 heavy (non-hydrogen) atoms. The summed E-state index contributed by atoms with van der Waals surface area (Å²) in [5.41, 5.74) is 0. The van der Waals surface area contributed by atoms with Crippen molar-refractivity contribution in [3.63, 3.8) is 0 Å². The highest BCUT2D eigenvalue weighted by molar-refractivity contribution is 5.78. The fraction of sp³-hybridized carbons (Fsp3) is 0.385. The number of pyridine rings is 1. The van der Waals surface area contributed by atoms with E-state index in [1.807, 2.05) is 6.20 Å². The summed E-state index contributed by atoms with van der Waals surface area (Å²) < 4.78 is 7.22. The molecule has 1 unspecified atom stereocenters. The van der Waals surface area contributed by atoms with Crippen LogP contribution >= 0.6 is 0 Å². The van der Waals surface area contributed by atoms with E-state index in [4.69, 9.17) is 4.74 Å². The van der Waals surface area contributed by atoms with Crippen LogP contribution in [0.25, 0.3) is 0 Å². The Morgan fingerprint density at radius 1 is 1.45 bits per heavy atom. The van der Waals surface area contributed by atoms with Crippen molar-refractivity contribution in [2.24, 2.45) is 0 Å². The summed E-state index contributed by atoms with van der Waals surface area (Å²) in [7, 11) is 0. The molecule has 104 valence electrons. The highest BCUT2D eigenvalue weighted by atomic mass is 16.5. The van der Waals surface area contributed by atoms with Crippen LogP contribution in [-0.4, -0.2) is 50.5 Å². The van der Waals surface area contributed by atoms with Crippen molar-refractivity contribution in [2.75, 3.05) is 19.7 Å². The third-order valence-electron chi connectivity index (χ3n) is 3.33. The van der Waals surface area contributed by atoms with Crippen LogP contribution in [0, 0.1) is 0 Å². The molecule has 2 aromatic heterocycles. The van der Waals surface area contributed by atoms with E-state index in [9.17, 15) is 4.79 Å². The molecule has 0 radical (unpaired) electrons. The molecular weight excluding hydrogens is 258 g/mol. The van der Waals surface area contributed by atoms with Crippen molar-refractivity contribution >= 4 is 5.91 Å². The number of carbonyl (C=O) groups is 1. The minimum atomic E-state index is -0.0172. The van der Waals surface area contributed by atoms with Gasteiger partial charge in [0.25, 0.3) is 5.91 Å². The van der Waals surface area contributed by atoms with E-state index >= 15 is 0 Å². The number of hydrogen-bond donors (Lipinski definition) is 0. The summed E-state index contributed by atoms with van der Waals surface area (Å²) in [6.07, 6.45) is 7.62. The van der Waals surface area contributed by atoms with E-state index in [2.05, 4.69) is 15.3 Å². The third kappa shape index (κ3) is 2.76. The van der Waals surface area contributed by atoms with Crippen LogP contribution in [0.5, 0.6) is 5.75 Å². The zero-order valence-corrected chi connectivity index (χ0v) is 10.9. The molecule has 1 fully saturated rings. The summed E-state index contributed by atoms with van der Waals surface area (Å²) in [5.74, 6) is 0.587. The molecule has 1 saturated heterocycles. The highest BCUT2D eigenvalue weighted by Crippen LogP contribution is 2.20. The summed E-state index contributed by atoms with van der Waals surface area (Å²) in [4.78, 5) is 17.8. The van der Waals surface area contributed by atoms with Gasteiger partial charge in [-0.25, -0.2) is 4.68 Å². The maximum absolute atomic E-state index is 12.1. The van der Waals surface area contributed by atoms with Gasteiger partial charge in [-0.2, -0.15) is 0 Å². The maximum Gasteiger partial charge on any atom is 0.260 e. The molecule has 0 aliphatic carbocycles. The van der Waals surface area contributed by atoms with Gasteiger partial charge in [0, 0.05) is 25.5 Å². The van der Waals surface area contributed by atoms with Gasteiger partial charge in [-0.1, -0.05) is 5.21 Å². The lowest BCUT2D eigenvalue weighted by molar-refractivity contribution is -0.132. The summed E-state index contributed by atoms with van der Waals surface area (Å²) in [5, 5.41) is 7.77. The Morgan fingerprint density at radius 2 is 2.40 bits per heavy atom. The normalized spacial score (nSPS) is 18.2. The molecule has 0 spiro atoms. The van der Waals surface area contributed by atoms with Crippen LogP contribution in [0.4, 0.5) is 0 Å². The zero-order valence-electron chi connectivity index (χ0n) is 10.9. The number of carbonyl (C=O) groups excluding carboxylic acids is 1. The quantitative estimate of drug-likeness (QED) is 0.812. The van der Waals surface area contributed by atoms with Gasteiger partial charge >= 0.3 is 0 Å². The molecule has 7 heteroatoms. The van der Waals surface area contributed by atoms with E-state index in [1.54, 1.807) is 40.3 Å². The molecule has 0 saturated carbocycles. The minimum absolute atomic E-state index is 0.0172. The molecule has 1 aliphatic rings. The van der Waals surface area contributed by atoms with Crippen molar-refractivity contribution in [3.05, 3.63) is 36.9 Å². The predicted molar refractivity (Wildman–Crippen MR) is 70.0 cm³/mol. The number of nitrogens with zero attached hydrogens (tertiary/aromatic N) is 5. The van der Waals surface area contributed by atoms with Gasteiger partial charge in [0.05, 0.1) is 18.4 Å². The van der Waals surface area contributed by atoms with Crippen molar-refractivity contribution in [3.8, 4) is 5.75 Å². The Morgan fingerprint density at radius 3 is 3.15 bits per heavy atom. The van der Waals surface area contributed by atoms with Crippen molar-refractivity contribution in [1.29, 1.82) is 0 Å². The van der Waals surface area contributed by atoms with Crippen LogP contribution in [0.3, 0.4) is 0 Å². The van der Waals surface area contributed by atoms with Crippen molar-refractivity contribution < 1.29 is 9.53 Å². The lowest BCUT2D eigenvalue weighted by Gasteiger charge is -2.16. The van der Waals surface area contributed by atoms with Crippen molar-refractivity contribution in [2.45, 2.75) is 12.5 Å². The second-order valence-electron chi connectivity index (χ2n) is 4.64. The molecule has 3 rings (SSSR count). The maximum atomic E-state index is 12.1. The SMILES string of the molecule is O=C(COc1cccnc1)N1CCC(n2ccnn2)C1. The number of aromatic nitrogens is 4. The number of ether oxygens (including phenoxy) is 1. The molecule has 0 N–H and O–H groups in total. The number of amides is 1. The van der Waals surface area contributed by atoms with Crippen LogP contribution in [-0.2, 0) is 4.79 Å². The first kappa shape index (κ1) is 12.6. The molecule has 0 aromatic carbocycles. The van der Waals surface area contributed by atoms with Gasteiger partial charge < -0.3 is 9.64 Å². The van der Waals surface area contributed by atoms with E-state index in [0.29, 0.717) is 12.3 Å². The van der Waals surface area contributed by atoms with E-state index in [0.717, 1.165) is 13.0 Å². The highest BCUT2D eigenvalue weighted by Gasteiger charge is 2.27. The van der Waals surface area contributed by atoms with Crippen molar-refractivity contribution in [1.82, 2.24) is 24.9 Å². The Bertz CT molecular complexity index is 557. The Hall–Kier alpha value is -2.44. The van der Waals surface area contributed by atoms with Gasteiger partial charge in [-0.05, 0) is 18.6 Å². The molecule has 0 bridgehead atoms. The van der Waals surface area contributed by atoms with Gasteiger partial charge in [0.1, 0.15) is 5.75 Å². The fourth-order valence-corrected chi connectivity index (χ4v) is 2.27. The van der Waals surface area contributed by atoms with Crippen LogP contribution < -0.4 is 4.74 Å². The number of likely N-dealkylation sites (tertiary alicyclic amines) is 1. The summed E-state index contributed by atoms with van der Waals surface area (Å²) in [6, 6.07) is 3.76. The number of hydrogen-bond acceptors (Lipinski definition) is 5. The van der Waals surface area contributed by atoms with E-state index < -0.39 is 0 Å². The largest absolute Gasteiger partial charge is 0.482 e. The predicted octanol–water partition coefficient (Wildman–Crippen LogP) is 0.525. The van der Waals surface area contributed by atoms with Crippen LogP contribution in [0.2, 0.25) is 0 Å². The van der Waals surface area contributed by atoms with Gasteiger partial charge in [-0.15, -0.1) is 5.10 Å². The Kier molecular flexibility index (Phi) is 3.58. The average Bonchev–Trinajstić information content (AvgIpc) is 3.16. The second kappa shape index (κ2) is 5.68. The zero-order chi connectivity index (χ0) is 13.8. The molecule has 3 heterocycles. The monoisotopic (exact) mass is 273 g/mol. The van der Waals surface area contributed by atoms with Crippen LogP contribution in [0.1, 0.15) is 12.5 Å². The molecule has 2 aromatic rings. The third-order valence-corrected chi connectivity index (χ3v) is 3.33. The standard InChI is InChI=1S/C13H15N5O2/c19-13(10-20-12-2-1-4-14-8-12)17-6-3-11(9-17)18-7-5-15-16-18/h1-2,4-5,7-8,11H,3,6,9-10H2. The first-order valence-corrected chi connectivity index (χ1v) is 6.49. The molecule has 7 nitrogen and oxygen atoms in total. The first-order valence-electron chi connectivity index (χ1n) is 6.49. The van der Waals surface area contributed by atoms with Gasteiger partial charge in [0.15, 0.2) is 6.61 Å². The smallest absolute Gasteiger partial charge is 0.260 e. The average molecular weight is 273 g/mol. The van der Waals surface area contributed by atoms with E-state index in [1.165, 1.54) is 0 Å². The minimum Gasteiger partial charge on any atom is -0.482 e. The second-order valence-corrected chi connectivity index (χ2v) is 4.64. The number of rotatable bonds is 4. The first-order chi connectivity index (χ1) is 9.83. The Labute approximate surface area is 116 Å². The summed E-state index contributed by atoms with van der Waals surface area (Å²) >= 11 is 0. The topological polar surface area (TPSA) is 73.1 Å². The lowest BCUT2D eigenvalue weighted by atomic mass is 10.3. The fourth-order valence-electron chi connectivity index (χ4n) is 2.27. The molecule has 1 aliphatic heterocycles. The van der Waals surface area contributed by atoms with Crippen LogP contribution in [0.15, 0.2) is 36.9 Å². The Balaban J connectivity index is 1.51. The molecule has 1 atom stereocenters. The summed E-state index contributed by atoms with van der Waals surface area (Å²) in [6.45, 7) is 1.41. The van der Waals surface area contributed by atoms with Gasteiger partial charge in [0.2, 0.25) is 0 Å². The lowest BCUT2D eigenvalue weighted by Crippen LogP contribution is -2.33. The molecular formula is C13H15N5O2. The molecule has 1 amide bonds.